The second-order valence-electron chi connectivity index (χ2n) is 1.72. The van der Waals surface area contributed by atoms with E-state index in [1.165, 1.54) is 17.4 Å². The fourth-order valence-corrected chi connectivity index (χ4v) is 1.60. The monoisotopic (exact) mass is 198 g/mol. The Morgan fingerprint density at radius 3 is 2.91 bits per heavy atom. The van der Waals surface area contributed by atoms with Crippen LogP contribution in [0.3, 0.4) is 0 Å². The van der Waals surface area contributed by atoms with Gasteiger partial charge in [-0.1, -0.05) is 0 Å². The lowest BCUT2D eigenvalue weighted by Crippen LogP contribution is -2.01. The summed E-state index contributed by atoms with van der Waals surface area (Å²) in [6.07, 6.45) is 0. The van der Waals surface area contributed by atoms with Gasteiger partial charge in [0.15, 0.2) is 0 Å². The van der Waals surface area contributed by atoms with E-state index < -0.39 is 6.61 Å². The molecule has 0 bridgehead atoms. The van der Waals surface area contributed by atoms with Crippen molar-refractivity contribution in [2.75, 3.05) is 0 Å². The second-order valence-corrected chi connectivity index (χ2v) is 2.99. The van der Waals surface area contributed by atoms with Gasteiger partial charge in [-0.3, -0.25) is 0 Å². The van der Waals surface area contributed by atoms with Crippen LogP contribution in [-0.4, -0.2) is 6.61 Å². The Kier molecular flexibility index (Phi) is 3.08. The average Bonchev–Trinajstić information content (AvgIpc) is 2.34. The molecule has 0 fully saturated rings. The lowest BCUT2D eigenvalue weighted by atomic mass is 10.5. The summed E-state index contributed by atoms with van der Waals surface area (Å²) in [5.74, 6) is 0.389. The van der Waals surface area contributed by atoms with E-state index in [2.05, 4.69) is 4.74 Å². The number of ether oxygens (including phenoxy) is 1. The van der Waals surface area contributed by atoms with Gasteiger partial charge in [-0.25, -0.2) is 0 Å². The van der Waals surface area contributed by atoms with Crippen LogP contribution in [0.5, 0.6) is 5.75 Å². The first-order valence-electron chi connectivity index (χ1n) is 2.81. The van der Waals surface area contributed by atoms with Crippen LogP contribution in [0.15, 0.2) is 11.4 Å². The molecule has 0 atom stereocenters. The van der Waals surface area contributed by atoms with Gasteiger partial charge in [-0.05, 0) is 11.4 Å². The highest BCUT2D eigenvalue weighted by Gasteiger charge is 2.09. The zero-order valence-corrected chi connectivity index (χ0v) is 6.96. The third-order valence-electron chi connectivity index (χ3n) is 1.04. The summed E-state index contributed by atoms with van der Waals surface area (Å²) >= 11 is 6.74. The van der Waals surface area contributed by atoms with Gasteiger partial charge >= 0.3 is 6.61 Å². The topological polar surface area (TPSA) is 9.23 Å². The van der Waals surface area contributed by atoms with Gasteiger partial charge in [-0.2, -0.15) is 8.78 Å². The van der Waals surface area contributed by atoms with Crippen molar-refractivity contribution < 1.29 is 13.5 Å². The highest BCUT2D eigenvalue weighted by Crippen LogP contribution is 2.27. The Balaban J connectivity index is 2.68. The lowest BCUT2D eigenvalue weighted by molar-refractivity contribution is -0.0499. The molecule has 0 aliphatic rings. The zero-order chi connectivity index (χ0) is 8.27. The van der Waals surface area contributed by atoms with Crippen LogP contribution < -0.4 is 4.74 Å². The molecule has 0 N–H and O–H groups in total. The molecule has 0 saturated heterocycles. The maximum atomic E-state index is 11.7. The van der Waals surface area contributed by atoms with Gasteiger partial charge in [0.2, 0.25) is 0 Å². The van der Waals surface area contributed by atoms with Crippen molar-refractivity contribution in [3.05, 3.63) is 16.3 Å². The van der Waals surface area contributed by atoms with Crippen molar-refractivity contribution in [1.82, 2.24) is 0 Å². The van der Waals surface area contributed by atoms with Crippen molar-refractivity contribution in [2.45, 2.75) is 12.5 Å². The van der Waals surface area contributed by atoms with Crippen LogP contribution in [0.4, 0.5) is 8.78 Å². The van der Waals surface area contributed by atoms with E-state index in [1.807, 2.05) is 0 Å². The van der Waals surface area contributed by atoms with Gasteiger partial charge in [-0.15, -0.1) is 22.9 Å². The predicted molar refractivity (Wildman–Crippen MR) is 40.5 cm³/mol. The summed E-state index contributed by atoms with van der Waals surface area (Å²) < 4.78 is 27.5. The lowest BCUT2D eigenvalue weighted by Gasteiger charge is -2.02. The smallest absolute Gasteiger partial charge is 0.387 e. The maximum absolute atomic E-state index is 11.7. The van der Waals surface area contributed by atoms with Crippen LogP contribution in [0.2, 0.25) is 0 Å². The van der Waals surface area contributed by atoms with E-state index in [-0.39, 0.29) is 11.6 Å². The van der Waals surface area contributed by atoms with Gasteiger partial charge < -0.3 is 4.74 Å². The molecule has 0 saturated carbocycles. The number of thiophene rings is 1. The quantitative estimate of drug-likeness (QED) is 0.679. The highest BCUT2D eigenvalue weighted by molar-refractivity contribution is 7.10. The molecule has 0 radical (unpaired) electrons. The molecule has 11 heavy (non-hydrogen) atoms. The summed E-state index contributed by atoms with van der Waals surface area (Å²) in [5, 5.41) is 1.66. The minimum Gasteiger partial charge on any atom is -0.434 e. The van der Waals surface area contributed by atoms with Gasteiger partial charge in [0.1, 0.15) is 5.75 Å². The van der Waals surface area contributed by atoms with Crippen LogP contribution in [-0.2, 0) is 5.88 Å². The largest absolute Gasteiger partial charge is 0.434 e. The standard InChI is InChI=1S/C6H5ClF2OS/c7-3-5-4(1-2-11-5)10-6(8)9/h1-2,6H,3H2. The molecule has 1 aromatic rings. The minimum atomic E-state index is -2.77. The molecule has 0 amide bonds. The number of alkyl halides is 3. The molecule has 0 spiro atoms. The number of hydrogen-bond acceptors (Lipinski definition) is 2. The van der Waals surface area contributed by atoms with E-state index >= 15 is 0 Å². The molecule has 0 aliphatic heterocycles. The van der Waals surface area contributed by atoms with Crippen LogP contribution >= 0.6 is 22.9 Å². The van der Waals surface area contributed by atoms with Crippen LogP contribution in [0.1, 0.15) is 4.88 Å². The van der Waals surface area contributed by atoms with Crippen molar-refractivity contribution in [2.24, 2.45) is 0 Å². The van der Waals surface area contributed by atoms with E-state index in [0.29, 0.717) is 4.88 Å². The molecule has 1 heterocycles. The molecule has 1 rings (SSSR count). The minimum absolute atomic E-state index is 0.181. The number of hydrogen-bond donors (Lipinski definition) is 0. The summed E-state index contributed by atoms with van der Waals surface area (Å²) in [4.78, 5) is 0.631. The summed E-state index contributed by atoms with van der Waals surface area (Å²) in [7, 11) is 0. The molecule has 1 nitrogen and oxygen atoms in total. The summed E-state index contributed by atoms with van der Waals surface area (Å²) in [6.45, 7) is -2.77. The molecule has 0 aromatic carbocycles. The molecule has 1 aromatic heterocycles. The molecule has 62 valence electrons. The fraction of sp³-hybridized carbons (Fsp3) is 0.333. The maximum Gasteiger partial charge on any atom is 0.387 e. The van der Waals surface area contributed by atoms with Crippen LogP contribution in [0.25, 0.3) is 0 Å². The third-order valence-corrected chi connectivity index (χ3v) is 2.37. The van der Waals surface area contributed by atoms with E-state index in [4.69, 9.17) is 11.6 Å². The SMILES string of the molecule is FC(F)Oc1ccsc1CCl. The van der Waals surface area contributed by atoms with Gasteiger partial charge in [0.05, 0.1) is 10.8 Å². The van der Waals surface area contributed by atoms with E-state index in [0.717, 1.165) is 0 Å². The zero-order valence-electron chi connectivity index (χ0n) is 5.39. The molecule has 0 aliphatic carbocycles. The fourth-order valence-electron chi connectivity index (χ4n) is 0.627. The summed E-state index contributed by atoms with van der Waals surface area (Å²) in [6, 6.07) is 1.48. The molecule has 5 heteroatoms. The first-order chi connectivity index (χ1) is 5.24. The highest BCUT2D eigenvalue weighted by atomic mass is 35.5. The Hall–Kier alpha value is -0.350. The molecular weight excluding hydrogens is 194 g/mol. The normalized spacial score (nSPS) is 10.5. The van der Waals surface area contributed by atoms with Crippen molar-refractivity contribution >= 4 is 22.9 Å². The number of halogens is 3. The second kappa shape index (κ2) is 3.88. The first-order valence-corrected chi connectivity index (χ1v) is 4.22. The van der Waals surface area contributed by atoms with Crippen molar-refractivity contribution in [3.8, 4) is 5.75 Å². The first kappa shape index (κ1) is 8.74. The van der Waals surface area contributed by atoms with E-state index in [9.17, 15) is 8.78 Å². The van der Waals surface area contributed by atoms with Crippen molar-refractivity contribution in [3.63, 3.8) is 0 Å². The van der Waals surface area contributed by atoms with Gasteiger partial charge in [0, 0.05) is 0 Å². The van der Waals surface area contributed by atoms with Crippen molar-refractivity contribution in [1.29, 1.82) is 0 Å². The molecular formula is C6H5ClF2OS. The Morgan fingerprint density at radius 2 is 2.36 bits per heavy atom. The summed E-state index contributed by atoms with van der Waals surface area (Å²) in [5.41, 5.74) is 0. The van der Waals surface area contributed by atoms with Gasteiger partial charge in [0.25, 0.3) is 0 Å². The average molecular weight is 199 g/mol. The predicted octanol–water partition coefficient (Wildman–Crippen LogP) is 3.09. The Bertz CT molecular complexity index is 226. The third kappa shape index (κ3) is 2.31. The molecule has 0 unspecified atom stereocenters. The number of rotatable bonds is 3. The van der Waals surface area contributed by atoms with E-state index in [1.54, 1.807) is 5.38 Å². The Labute approximate surface area is 71.5 Å². The Morgan fingerprint density at radius 1 is 1.64 bits per heavy atom. The van der Waals surface area contributed by atoms with Crippen LogP contribution in [0, 0.1) is 0 Å².